The normalized spacial score (nSPS) is 24.2. The third-order valence-corrected chi connectivity index (χ3v) is 6.93. The van der Waals surface area contributed by atoms with Crippen molar-refractivity contribution in [3.63, 3.8) is 0 Å². The van der Waals surface area contributed by atoms with Crippen LogP contribution in [-0.2, 0) is 11.3 Å². The fourth-order valence-electron chi connectivity index (χ4n) is 4.77. The van der Waals surface area contributed by atoms with Crippen LogP contribution in [0.4, 0.5) is 4.79 Å². The van der Waals surface area contributed by atoms with E-state index in [4.69, 9.17) is 11.6 Å². The maximum atomic E-state index is 12.9. The third-order valence-electron chi connectivity index (χ3n) is 6.69. The van der Waals surface area contributed by atoms with Crippen LogP contribution in [0.3, 0.4) is 0 Å². The number of piperidine rings is 1. The molecule has 2 heterocycles. The number of aliphatic hydroxyl groups is 1. The molecule has 1 aliphatic heterocycles. The minimum Gasteiger partial charge on any atom is -0.393 e. The second kappa shape index (κ2) is 9.49. The average Bonchev–Trinajstić information content (AvgIpc) is 3.19. The summed E-state index contributed by atoms with van der Waals surface area (Å²) in [6, 6.07) is 7.51. The molecular weight excluding hydrogens is 416 g/mol. The molecule has 1 saturated carbocycles. The van der Waals surface area contributed by atoms with Crippen molar-refractivity contribution < 1.29 is 14.7 Å². The van der Waals surface area contributed by atoms with Crippen molar-refractivity contribution in [2.24, 2.45) is 5.92 Å². The molecule has 8 heteroatoms. The molecular formula is C23H31ClN4O3. The van der Waals surface area contributed by atoms with Crippen molar-refractivity contribution in [3.8, 4) is 0 Å². The molecule has 0 spiro atoms. The van der Waals surface area contributed by atoms with E-state index >= 15 is 0 Å². The van der Waals surface area contributed by atoms with E-state index in [1.807, 2.05) is 29.2 Å². The first-order valence-electron chi connectivity index (χ1n) is 11.2. The number of hydrogen-bond donors (Lipinski definition) is 3. The molecule has 0 bridgehead atoms. The van der Waals surface area contributed by atoms with Crippen LogP contribution in [-0.4, -0.2) is 64.1 Å². The molecule has 7 nitrogen and oxygen atoms in total. The Balaban J connectivity index is 1.30. The van der Waals surface area contributed by atoms with E-state index in [2.05, 4.69) is 10.3 Å². The number of H-pyrrole nitrogens is 1. The Hall–Kier alpha value is -2.25. The number of fused-ring (bicyclic) bond motifs is 1. The minimum atomic E-state index is -0.262. The molecule has 31 heavy (non-hydrogen) atoms. The standard InChI is InChI=1S/C23H31ClN4O3/c1-27(23(31)25-13-18-12-16-11-17(24)6-9-21(16)26-18)19-3-2-10-28(14-19)22(30)15-4-7-20(29)8-5-15/h6,9,11-12,15,19-20,26,29H,2-5,7-8,10,13-14H2,1H3,(H,25,31). The maximum Gasteiger partial charge on any atom is 0.317 e. The first-order valence-corrected chi connectivity index (χ1v) is 11.5. The van der Waals surface area contributed by atoms with E-state index in [9.17, 15) is 14.7 Å². The summed E-state index contributed by atoms with van der Waals surface area (Å²) in [7, 11) is 1.80. The smallest absolute Gasteiger partial charge is 0.317 e. The lowest BCUT2D eigenvalue weighted by Gasteiger charge is -2.39. The summed E-state index contributed by atoms with van der Waals surface area (Å²) < 4.78 is 0. The molecule has 1 atom stereocenters. The first kappa shape index (κ1) is 22.0. The number of benzene rings is 1. The minimum absolute atomic E-state index is 0.00778. The van der Waals surface area contributed by atoms with Gasteiger partial charge in [0.05, 0.1) is 18.7 Å². The molecule has 4 rings (SSSR count). The summed E-state index contributed by atoms with van der Waals surface area (Å²) >= 11 is 6.04. The molecule has 2 aromatic rings. The van der Waals surface area contributed by atoms with Gasteiger partial charge in [0, 0.05) is 47.7 Å². The van der Waals surface area contributed by atoms with Crippen molar-refractivity contribution in [1.82, 2.24) is 20.1 Å². The van der Waals surface area contributed by atoms with E-state index < -0.39 is 0 Å². The number of nitrogens with zero attached hydrogens (tertiary/aromatic N) is 2. The van der Waals surface area contributed by atoms with Crippen LogP contribution < -0.4 is 5.32 Å². The number of aromatic nitrogens is 1. The fraction of sp³-hybridized carbons (Fsp3) is 0.565. The van der Waals surface area contributed by atoms with Crippen LogP contribution in [0.1, 0.15) is 44.2 Å². The number of amides is 3. The first-order chi connectivity index (χ1) is 14.9. The summed E-state index contributed by atoms with van der Waals surface area (Å²) in [5.74, 6) is 0.193. The van der Waals surface area contributed by atoms with Gasteiger partial charge in [0.15, 0.2) is 0 Å². The monoisotopic (exact) mass is 446 g/mol. The van der Waals surface area contributed by atoms with E-state index in [0.29, 0.717) is 31.0 Å². The van der Waals surface area contributed by atoms with Crippen LogP contribution >= 0.6 is 11.6 Å². The Bertz CT molecular complexity index is 938. The van der Waals surface area contributed by atoms with Crippen LogP contribution in [0.2, 0.25) is 5.02 Å². The topological polar surface area (TPSA) is 88.7 Å². The lowest BCUT2D eigenvalue weighted by Crippen LogP contribution is -2.53. The molecule has 1 unspecified atom stereocenters. The molecule has 1 saturated heterocycles. The van der Waals surface area contributed by atoms with Crippen LogP contribution in [0.15, 0.2) is 24.3 Å². The number of carbonyl (C=O) groups is 2. The van der Waals surface area contributed by atoms with Gasteiger partial charge in [-0.25, -0.2) is 4.79 Å². The molecule has 2 aliphatic rings. The molecule has 1 aliphatic carbocycles. The Kier molecular flexibility index (Phi) is 6.72. The van der Waals surface area contributed by atoms with E-state index in [1.54, 1.807) is 11.9 Å². The summed E-state index contributed by atoms with van der Waals surface area (Å²) in [5.41, 5.74) is 1.90. The van der Waals surface area contributed by atoms with Gasteiger partial charge in [-0.2, -0.15) is 0 Å². The summed E-state index contributed by atoms with van der Waals surface area (Å²) in [6.07, 6.45) is 4.45. The van der Waals surface area contributed by atoms with Gasteiger partial charge in [0.25, 0.3) is 0 Å². The number of nitrogens with one attached hydrogen (secondary N) is 2. The zero-order valence-electron chi connectivity index (χ0n) is 17.9. The van der Waals surface area contributed by atoms with Gasteiger partial charge in [0.2, 0.25) is 5.91 Å². The van der Waals surface area contributed by atoms with Crippen LogP contribution in [0, 0.1) is 5.92 Å². The Morgan fingerprint density at radius 3 is 2.77 bits per heavy atom. The highest BCUT2D eigenvalue weighted by Gasteiger charge is 2.33. The number of halogens is 1. The number of urea groups is 1. The Labute approximate surface area is 187 Å². The van der Waals surface area contributed by atoms with Crippen LogP contribution in [0.5, 0.6) is 0 Å². The molecule has 168 valence electrons. The number of hydrogen-bond acceptors (Lipinski definition) is 3. The number of likely N-dealkylation sites (N-methyl/N-ethyl adjacent to an activating group) is 1. The van der Waals surface area contributed by atoms with Gasteiger partial charge in [-0.1, -0.05) is 11.6 Å². The lowest BCUT2D eigenvalue weighted by molar-refractivity contribution is -0.139. The van der Waals surface area contributed by atoms with Gasteiger partial charge >= 0.3 is 6.03 Å². The number of aromatic amines is 1. The zero-order chi connectivity index (χ0) is 22.0. The molecule has 1 aromatic carbocycles. The number of carbonyl (C=O) groups excluding carboxylic acids is 2. The van der Waals surface area contributed by atoms with Gasteiger partial charge < -0.3 is 25.2 Å². The predicted molar refractivity (Wildman–Crippen MR) is 121 cm³/mol. The Morgan fingerprint density at radius 2 is 2.00 bits per heavy atom. The molecule has 1 aromatic heterocycles. The van der Waals surface area contributed by atoms with Gasteiger partial charge in [-0.3, -0.25) is 4.79 Å². The number of likely N-dealkylation sites (tertiary alicyclic amines) is 1. The van der Waals surface area contributed by atoms with Crippen molar-refractivity contribution in [3.05, 3.63) is 35.0 Å². The van der Waals surface area contributed by atoms with Crippen molar-refractivity contribution in [1.29, 1.82) is 0 Å². The second-order valence-corrected chi connectivity index (χ2v) is 9.32. The highest BCUT2D eigenvalue weighted by Crippen LogP contribution is 2.27. The van der Waals surface area contributed by atoms with E-state index in [1.165, 1.54) is 0 Å². The predicted octanol–water partition coefficient (Wildman–Crippen LogP) is 3.50. The fourth-order valence-corrected chi connectivity index (χ4v) is 4.95. The molecule has 3 amide bonds. The van der Waals surface area contributed by atoms with Gasteiger partial charge in [-0.15, -0.1) is 0 Å². The number of rotatable bonds is 4. The zero-order valence-corrected chi connectivity index (χ0v) is 18.7. The SMILES string of the molecule is CN(C(=O)NCc1cc2cc(Cl)ccc2[nH]1)C1CCCN(C(=O)C2CCC(O)CC2)C1. The van der Waals surface area contributed by atoms with Crippen LogP contribution in [0.25, 0.3) is 10.9 Å². The maximum absolute atomic E-state index is 12.9. The molecule has 0 radical (unpaired) electrons. The van der Waals surface area contributed by atoms with Gasteiger partial charge in [0.1, 0.15) is 0 Å². The molecule has 3 N–H and O–H groups in total. The van der Waals surface area contributed by atoms with Crippen molar-refractivity contribution in [2.75, 3.05) is 20.1 Å². The van der Waals surface area contributed by atoms with E-state index in [0.717, 1.165) is 48.8 Å². The van der Waals surface area contributed by atoms with Crippen molar-refractivity contribution in [2.45, 2.75) is 57.2 Å². The van der Waals surface area contributed by atoms with E-state index in [-0.39, 0.29) is 30.0 Å². The summed E-state index contributed by atoms with van der Waals surface area (Å²) in [4.78, 5) is 32.6. The summed E-state index contributed by atoms with van der Waals surface area (Å²) in [5, 5.41) is 14.4. The average molecular weight is 447 g/mol. The summed E-state index contributed by atoms with van der Waals surface area (Å²) in [6.45, 7) is 1.73. The highest BCUT2D eigenvalue weighted by molar-refractivity contribution is 6.31. The third kappa shape index (κ3) is 5.15. The number of aliphatic hydroxyl groups excluding tert-OH is 1. The quantitative estimate of drug-likeness (QED) is 0.671. The second-order valence-electron chi connectivity index (χ2n) is 8.88. The highest BCUT2D eigenvalue weighted by atomic mass is 35.5. The van der Waals surface area contributed by atoms with Crippen molar-refractivity contribution >= 4 is 34.4 Å². The molecule has 2 fully saturated rings. The van der Waals surface area contributed by atoms with Gasteiger partial charge in [-0.05, 0) is 62.8 Å². The largest absolute Gasteiger partial charge is 0.393 e. The lowest BCUT2D eigenvalue weighted by atomic mass is 9.86. The Morgan fingerprint density at radius 1 is 1.23 bits per heavy atom.